The number of aromatic nitrogens is 1. The van der Waals surface area contributed by atoms with Crippen LogP contribution in [0.15, 0.2) is 18.5 Å². The first kappa shape index (κ1) is 12.7. The van der Waals surface area contributed by atoms with E-state index in [1.54, 1.807) is 0 Å². The monoisotopic (exact) mass is 261 g/mol. The van der Waals surface area contributed by atoms with Gasteiger partial charge in [0, 0.05) is 18.6 Å². The largest absolute Gasteiger partial charge is 0.393 e. The minimum Gasteiger partial charge on any atom is -0.393 e. The lowest BCUT2D eigenvalue weighted by Gasteiger charge is -2.38. The highest BCUT2D eigenvalue weighted by Gasteiger charge is 2.40. The lowest BCUT2D eigenvalue weighted by atomic mass is 9.99. The third-order valence-electron chi connectivity index (χ3n) is 4.31. The first-order valence-corrected chi connectivity index (χ1v) is 7.43. The number of anilines is 2. The van der Waals surface area contributed by atoms with Crippen molar-refractivity contribution in [2.75, 3.05) is 16.8 Å². The standard InChI is InChI=1S/C15H23N3O/c1-2-5-17-11-6-14(10-16-9-11)18-12-3-4-13(18)8-15(19)7-12/h6,9-10,12-13,15,17,19H,2-5,7-8H2,1H3. The fourth-order valence-corrected chi connectivity index (χ4v) is 3.50. The molecule has 2 atom stereocenters. The smallest absolute Gasteiger partial charge is 0.0579 e. The summed E-state index contributed by atoms with van der Waals surface area (Å²) in [6.45, 7) is 3.15. The lowest BCUT2D eigenvalue weighted by Crippen LogP contribution is -2.44. The van der Waals surface area contributed by atoms with E-state index >= 15 is 0 Å². The second kappa shape index (κ2) is 5.37. The number of hydrogen-bond acceptors (Lipinski definition) is 4. The normalized spacial score (nSPS) is 29.6. The van der Waals surface area contributed by atoms with E-state index in [2.05, 4.69) is 28.2 Å². The number of nitrogens with zero attached hydrogens (tertiary/aromatic N) is 2. The molecule has 2 N–H and O–H groups in total. The Morgan fingerprint density at radius 1 is 1.32 bits per heavy atom. The van der Waals surface area contributed by atoms with Gasteiger partial charge in [-0.3, -0.25) is 4.98 Å². The topological polar surface area (TPSA) is 48.4 Å². The van der Waals surface area contributed by atoms with E-state index < -0.39 is 0 Å². The maximum atomic E-state index is 9.87. The highest BCUT2D eigenvalue weighted by atomic mass is 16.3. The van der Waals surface area contributed by atoms with E-state index in [9.17, 15) is 5.11 Å². The number of hydrogen-bond donors (Lipinski definition) is 2. The van der Waals surface area contributed by atoms with Gasteiger partial charge in [0.05, 0.1) is 29.9 Å². The van der Waals surface area contributed by atoms with Crippen molar-refractivity contribution in [3.63, 3.8) is 0 Å². The van der Waals surface area contributed by atoms with Crippen LogP contribution in [0.2, 0.25) is 0 Å². The molecule has 19 heavy (non-hydrogen) atoms. The van der Waals surface area contributed by atoms with Gasteiger partial charge >= 0.3 is 0 Å². The number of aliphatic hydroxyl groups excluding tert-OH is 1. The minimum absolute atomic E-state index is 0.108. The molecule has 3 rings (SSSR count). The van der Waals surface area contributed by atoms with Crippen LogP contribution in [-0.2, 0) is 0 Å². The van der Waals surface area contributed by atoms with Crippen molar-refractivity contribution in [3.05, 3.63) is 18.5 Å². The minimum atomic E-state index is -0.108. The molecule has 1 aromatic rings. The Kier molecular flexibility index (Phi) is 3.60. The van der Waals surface area contributed by atoms with Gasteiger partial charge in [0.15, 0.2) is 0 Å². The van der Waals surface area contributed by atoms with Gasteiger partial charge in [-0.05, 0) is 38.2 Å². The Hall–Kier alpha value is -1.29. The summed E-state index contributed by atoms with van der Waals surface area (Å²) in [7, 11) is 0. The zero-order valence-corrected chi connectivity index (χ0v) is 11.5. The van der Waals surface area contributed by atoms with Crippen LogP contribution >= 0.6 is 0 Å². The van der Waals surface area contributed by atoms with E-state index in [1.807, 2.05) is 12.4 Å². The van der Waals surface area contributed by atoms with Crippen LogP contribution in [0, 0.1) is 0 Å². The third kappa shape index (κ3) is 2.54. The van der Waals surface area contributed by atoms with Crippen molar-refractivity contribution >= 4 is 11.4 Å². The Bertz CT molecular complexity index is 423. The molecule has 1 aromatic heterocycles. The molecular weight excluding hydrogens is 238 g/mol. The molecule has 0 spiro atoms. The molecule has 2 fully saturated rings. The fraction of sp³-hybridized carbons (Fsp3) is 0.667. The molecule has 4 heteroatoms. The van der Waals surface area contributed by atoms with Crippen LogP contribution in [0.25, 0.3) is 0 Å². The number of piperidine rings is 1. The molecule has 2 saturated heterocycles. The summed E-state index contributed by atoms with van der Waals surface area (Å²) in [5.74, 6) is 0. The number of nitrogens with one attached hydrogen (secondary N) is 1. The molecule has 0 aliphatic carbocycles. The van der Waals surface area contributed by atoms with Gasteiger partial charge in [-0.25, -0.2) is 0 Å². The molecule has 0 amide bonds. The van der Waals surface area contributed by atoms with E-state index in [0.29, 0.717) is 12.1 Å². The molecule has 104 valence electrons. The van der Waals surface area contributed by atoms with Crippen molar-refractivity contribution in [1.29, 1.82) is 0 Å². The predicted molar refractivity (Wildman–Crippen MR) is 77.5 cm³/mol. The maximum absolute atomic E-state index is 9.87. The molecule has 2 aliphatic heterocycles. The summed E-state index contributed by atoms with van der Waals surface area (Å²) in [6.07, 6.45) is 9.07. The van der Waals surface area contributed by atoms with Crippen LogP contribution in [-0.4, -0.2) is 34.8 Å². The van der Waals surface area contributed by atoms with E-state index in [-0.39, 0.29) is 6.10 Å². The van der Waals surface area contributed by atoms with Crippen molar-refractivity contribution in [2.45, 2.75) is 57.2 Å². The lowest BCUT2D eigenvalue weighted by molar-refractivity contribution is 0.126. The summed E-state index contributed by atoms with van der Waals surface area (Å²) in [6, 6.07) is 3.19. The van der Waals surface area contributed by atoms with Crippen molar-refractivity contribution in [2.24, 2.45) is 0 Å². The van der Waals surface area contributed by atoms with Crippen LogP contribution in [0.5, 0.6) is 0 Å². The second-order valence-corrected chi connectivity index (χ2v) is 5.78. The van der Waals surface area contributed by atoms with Crippen LogP contribution in [0.3, 0.4) is 0 Å². The summed E-state index contributed by atoms with van der Waals surface area (Å²) in [5.41, 5.74) is 2.31. The number of fused-ring (bicyclic) bond motifs is 2. The van der Waals surface area contributed by atoms with Crippen molar-refractivity contribution < 1.29 is 5.11 Å². The Balaban J connectivity index is 1.79. The van der Waals surface area contributed by atoms with E-state index in [0.717, 1.165) is 31.5 Å². The Morgan fingerprint density at radius 2 is 2.05 bits per heavy atom. The predicted octanol–water partition coefficient (Wildman–Crippen LogP) is 2.40. The summed E-state index contributed by atoms with van der Waals surface area (Å²) in [5, 5.41) is 13.3. The van der Waals surface area contributed by atoms with Gasteiger partial charge in [-0.1, -0.05) is 6.92 Å². The van der Waals surface area contributed by atoms with Crippen LogP contribution in [0.1, 0.15) is 39.0 Å². The first-order chi connectivity index (χ1) is 9.28. The molecule has 0 radical (unpaired) electrons. The van der Waals surface area contributed by atoms with Crippen LogP contribution < -0.4 is 10.2 Å². The number of rotatable bonds is 4. The SMILES string of the molecule is CCCNc1cncc(N2C3CCC2CC(O)C3)c1. The first-order valence-electron chi connectivity index (χ1n) is 7.43. The highest BCUT2D eigenvalue weighted by Crippen LogP contribution is 2.39. The van der Waals surface area contributed by atoms with E-state index in [1.165, 1.54) is 18.5 Å². The summed E-state index contributed by atoms with van der Waals surface area (Å²) >= 11 is 0. The Labute approximate surface area is 114 Å². The Morgan fingerprint density at radius 3 is 2.74 bits per heavy atom. The van der Waals surface area contributed by atoms with Gasteiger partial charge in [0.1, 0.15) is 0 Å². The zero-order valence-electron chi connectivity index (χ0n) is 11.5. The average Bonchev–Trinajstić information content (AvgIpc) is 2.69. The van der Waals surface area contributed by atoms with Gasteiger partial charge < -0.3 is 15.3 Å². The molecule has 2 unspecified atom stereocenters. The fourth-order valence-electron chi connectivity index (χ4n) is 3.50. The molecular formula is C15H23N3O. The quantitative estimate of drug-likeness (QED) is 0.874. The van der Waals surface area contributed by atoms with Crippen molar-refractivity contribution in [3.8, 4) is 0 Å². The maximum Gasteiger partial charge on any atom is 0.0579 e. The number of pyridine rings is 1. The zero-order chi connectivity index (χ0) is 13.2. The average molecular weight is 261 g/mol. The molecule has 0 aromatic carbocycles. The second-order valence-electron chi connectivity index (χ2n) is 5.78. The van der Waals surface area contributed by atoms with E-state index in [4.69, 9.17) is 0 Å². The third-order valence-corrected chi connectivity index (χ3v) is 4.31. The number of aliphatic hydroxyl groups is 1. The summed E-state index contributed by atoms with van der Waals surface area (Å²) < 4.78 is 0. The molecule has 2 aliphatic rings. The van der Waals surface area contributed by atoms with Gasteiger partial charge in [-0.15, -0.1) is 0 Å². The van der Waals surface area contributed by atoms with Gasteiger partial charge in [0.25, 0.3) is 0 Å². The van der Waals surface area contributed by atoms with Gasteiger partial charge in [-0.2, -0.15) is 0 Å². The van der Waals surface area contributed by atoms with Gasteiger partial charge in [0.2, 0.25) is 0 Å². The summed E-state index contributed by atoms with van der Waals surface area (Å²) in [4.78, 5) is 6.84. The molecule has 3 heterocycles. The van der Waals surface area contributed by atoms with Crippen molar-refractivity contribution in [1.82, 2.24) is 4.98 Å². The highest BCUT2D eigenvalue weighted by molar-refractivity contribution is 5.57. The van der Waals surface area contributed by atoms with Crippen LogP contribution in [0.4, 0.5) is 11.4 Å². The molecule has 4 nitrogen and oxygen atoms in total. The molecule has 0 saturated carbocycles. The molecule has 2 bridgehead atoms.